The van der Waals surface area contributed by atoms with E-state index in [-0.39, 0.29) is 43.6 Å². The second-order valence-electron chi connectivity index (χ2n) is 13.1. The highest BCUT2D eigenvalue weighted by Gasteiger charge is 2.47. The van der Waals surface area contributed by atoms with Crippen LogP contribution in [0.25, 0.3) is 5.70 Å². The van der Waals surface area contributed by atoms with Crippen molar-refractivity contribution >= 4 is 41.7 Å². The maximum Gasteiger partial charge on any atom is 0.372 e. The van der Waals surface area contributed by atoms with E-state index in [2.05, 4.69) is 4.99 Å². The number of ether oxygens (including phenoxy) is 2. The molecule has 0 N–H and O–H groups in total. The van der Waals surface area contributed by atoms with Gasteiger partial charge in [-0.2, -0.15) is 4.57 Å². The lowest BCUT2D eigenvalue weighted by atomic mass is 9.93. The second-order valence-corrected chi connectivity index (χ2v) is 13.1. The van der Waals surface area contributed by atoms with Crippen molar-refractivity contribution in [1.29, 1.82) is 0 Å². The predicted molar refractivity (Wildman–Crippen MR) is 184 cm³/mol. The molecule has 2 aromatic carbocycles. The number of methoxy groups -OCH3 is 1. The topological polar surface area (TPSA) is 130 Å². The van der Waals surface area contributed by atoms with Gasteiger partial charge in [-0.15, -0.1) is 0 Å². The molecule has 0 saturated heterocycles. The summed E-state index contributed by atoms with van der Waals surface area (Å²) in [5, 5.41) is 0. The number of esters is 1. The van der Waals surface area contributed by atoms with Gasteiger partial charge in [0, 0.05) is 18.7 Å². The van der Waals surface area contributed by atoms with Crippen LogP contribution < -0.4 is 4.57 Å². The molecule has 0 fully saturated rings. The number of rotatable bonds is 11. The molecule has 2 atom stereocenters. The zero-order valence-electron chi connectivity index (χ0n) is 28.9. The fourth-order valence-corrected chi connectivity index (χ4v) is 6.05. The molecule has 0 unspecified atom stereocenters. The lowest BCUT2D eigenvalue weighted by molar-refractivity contribution is -0.686. The number of hydrogen-bond acceptors (Lipinski definition) is 8. The average Bonchev–Trinajstić information content (AvgIpc) is 3.48. The molecule has 2 aliphatic rings. The number of hydrogen-bond donors (Lipinski definition) is 0. The van der Waals surface area contributed by atoms with Crippen molar-refractivity contribution in [2.75, 3.05) is 20.3 Å². The smallest absolute Gasteiger partial charge is 0.372 e. The van der Waals surface area contributed by atoms with Crippen LogP contribution in [-0.4, -0.2) is 88.6 Å². The van der Waals surface area contributed by atoms with Gasteiger partial charge in [0.15, 0.2) is 12.4 Å². The van der Waals surface area contributed by atoms with Gasteiger partial charge in [0.2, 0.25) is 6.54 Å². The minimum atomic E-state index is -1.15. The van der Waals surface area contributed by atoms with Gasteiger partial charge in [-0.1, -0.05) is 74.5 Å². The van der Waals surface area contributed by atoms with Crippen molar-refractivity contribution in [3.63, 3.8) is 0 Å². The summed E-state index contributed by atoms with van der Waals surface area (Å²) in [6, 6.07) is 19.5. The molecule has 260 valence electrons. The molecule has 0 radical (unpaired) electrons. The Morgan fingerprint density at radius 1 is 1.06 bits per heavy atom. The average molecular weight is 681 g/mol. The number of benzene rings is 2. The Balaban J connectivity index is 1.67. The summed E-state index contributed by atoms with van der Waals surface area (Å²) in [7, 11) is 1.29. The van der Waals surface area contributed by atoms with Crippen molar-refractivity contribution in [3.8, 4) is 0 Å². The summed E-state index contributed by atoms with van der Waals surface area (Å²) in [6.07, 6.45) is 5.50. The van der Waals surface area contributed by atoms with Gasteiger partial charge in [-0.3, -0.25) is 29.1 Å². The van der Waals surface area contributed by atoms with E-state index in [1.807, 2.05) is 76.2 Å². The second kappa shape index (κ2) is 15.3. The van der Waals surface area contributed by atoms with Gasteiger partial charge in [0.05, 0.1) is 24.9 Å². The van der Waals surface area contributed by atoms with Gasteiger partial charge in [-0.25, -0.2) is 9.79 Å². The number of carbonyl (C=O) groups is 5. The third kappa shape index (κ3) is 7.80. The molecule has 12 nitrogen and oxygen atoms in total. The van der Waals surface area contributed by atoms with Crippen LogP contribution in [0.4, 0.5) is 0 Å². The lowest BCUT2D eigenvalue weighted by Gasteiger charge is -2.44. The third-order valence-electron chi connectivity index (χ3n) is 8.47. The quantitative estimate of drug-likeness (QED) is 0.173. The fraction of sp³-hybridized carbons (Fsp3) is 0.342. The Kier molecular flexibility index (Phi) is 10.9. The highest BCUT2D eigenvalue weighted by atomic mass is 16.5. The van der Waals surface area contributed by atoms with Crippen molar-refractivity contribution in [1.82, 2.24) is 14.7 Å². The Labute approximate surface area is 291 Å². The molecule has 3 aromatic rings. The third-order valence-corrected chi connectivity index (χ3v) is 8.47. The zero-order chi connectivity index (χ0) is 36.0. The van der Waals surface area contributed by atoms with Gasteiger partial charge >= 0.3 is 5.97 Å². The number of pyridine rings is 1. The van der Waals surface area contributed by atoms with E-state index in [4.69, 9.17) is 9.47 Å². The molecule has 0 saturated carbocycles. The first-order valence-electron chi connectivity index (χ1n) is 16.4. The number of carbonyl (C=O) groups excluding carboxylic acids is 5. The van der Waals surface area contributed by atoms with Crippen molar-refractivity contribution in [2.24, 2.45) is 10.9 Å². The molecule has 0 aliphatic carbocycles. The summed E-state index contributed by atoms with van der Waals surface area (Å²) in [6.45, 7) is 7.17. The van der Waals surface area contributed by atoms with E-state index in [1.165, 1.54) is 32.6 Å². The number of amides is 3. The molecule has 0 spiro atoms. The Bertz CT molecular complexity index is 1810. The van der Waals surface area contributed by atoms with E-state index < -0.39 is 41.3 Å². The number of nitrogens with zero attached hydrogens (tertiary/aromatic N) is 5. The van der Waals surface area contributed by atoms with Crippen molar-refractivity contribution in [2.45, 2.75) is 58.3 Å². The largest absolute Gasteiger partial charge is 0.464 e. The first-order valence-corrected chi connectivity index (χ1v) is 16.4. The zero-order valence-corrected chi connectivity index (χ0v) is 28.9. The Hall–Kier alpha value is -5.65. The maximum absolute atomic E-state index is 15.0. The standard InChI is InChI=1S/C38H42N5O7/c1-26(2)33-36(48)43(30(21-27-13-8-6-9-14-27)35(47)41(19-20-44)37-39-38(3,4)25-50-37)31(28-15-10-7-11-16-28)23-42(33)34(46)29-17-12-18-40(22-29)24-32(45)49-5/h6-18,20,22-23,26,30,33H,19,21,24-25H2,1-5H3/q+1/t30-,33+/m0/s1. The minimum absolute atomic E-state index is 0.0152. The summed E-state index contributed by atoms with van der Waals surface area (Å²) in [4.78, 5) is 76.7. The van der Waals surface area contributed by atoms with Gasteiger partial charge in [-0.05, 0) is 37.0 Å². The van der Waals surface area contributed by atoms with E-state index in [0.29, 0.717) is 17.5 Å². The minimum Gasteiger partial charge on any atom is -0.464 e. The predicted octanol–water partition coefficient (Wildman–Crippen LogP) is 3.26. The van der Waals surface area contributed by atoms with Crippen LogP contribution in [0, 0.1) is 5.92 Å². The molecular weight excluding hydrogens is 638 g/mol. The number of aldehydes is 1. The Morgan fingerprint density at radius 3 is 2.34 bits per heavy atom. The van der Waals surface area contributed by atoms with Crippen LogP contribution in [0.2, 0.25) is 0 Å². The number of amidine groups is 1. The van der Waals surface area contributed by atoms with E-state index in [1.54, 1.807) is 36.7 Å². The molecule has 1 aromatic heterocycles. The summed E-state index contributed by atoms with van der Waals surface area (Å²) >= 11 is 0. The van der Waals surface area contributed by atoms with Gasteiger partial charge in [0.25, 0.3) is 23.7 Å². The Morgan fingerprint density at radius 2 is 1.74 bits per heavy atom. The molecular formula is C38H42N5O7+. The number of aliphatic imine (C=N–C) groups is 1. The fourth-order valence-electron chi connectivity index (χ4n) is 6.05. The molecule has 3 amide bonds. The van der Waals surface area contributed by atoms with Crippen molar-refractivity contribution < 1.29 is 38.0 Å². The molecule has 5 rings (SSSR count). The summed E-state index contributed by atoms with van der Waals surface area (Å²) in [5.41, 5.74) is 1.34. The van der Waals surface area contributed by atoms with Gasteiger partial charge < -0.3 is 14.3 Å². The van der Waals surface area contributed by atoms with Crippen LogP contribution in [0.1, 0.15) is 49.2 Å². The summed E-state index contributed by atoms with van der Waals surface area (Å²) < 4.78 is 12.1. The van der Waals surface area contributed by atoms with Crippen LogP contribution in [-0.2, 0) is 41.6 Å². The highest BCUT2D eigenvalue weighted by Crippen LogP contribution is 2.34. The molecule has 3 heterocycles. The van der Waals surface area contributed by atoms with E-state index >= 15 is 4.79 Å². The normalized spacial score (nSPS) is 17.4. The molecule has 2 aliphatic heterocycles. The van der Waals surface area contributed by atoms with Crippen molar-refractivity contribution in [3.05, 3.63) is 108 Å². The van der Waals surface area contributed by atoms with Crippen LogP contribution in [0.5, 0.6) is 0 Å². The monoisotopic (exact) mass is 680 g/mol. The maximum atomic E-state index is 15.0. The van der Waals surface area contributed by atoms with Crippen LogP contribution in [0.15, 0.2) is 96.4 Å². The van der Waals surface area contributed by atoms with Crippen LogP contribution in [0.3, 0.4) is 0 Å². The highest BCUT2D eigenvalue weighted by molar-refractivity contribution is 6.06. The first kappa shape index (κ1) is 35.7. The van der Waals surface area contributed by atoms with E-state index in [9.17, 15) is 19.2 Å². The van der Waals surface area contributed by atoms with E-state index in [0.717, 1.165) is 5.56 Å². The van der Waals surface area contributed by atoms with Crippen LogP contribution >= 0.6 is 0 Å². The number of aromatic nitrogens is 1. The summed E-state index contributed by atoms with van der Waals surface area (Å²) in [5.74, 6) is -2.35. The molecule has 0 bridgehead atoms. The SMILES string of the molecule is COC(=O)C[n+]1cccc(C(=O)N2C=C(c3ccccc3)N([C@@H](Cc3ccccc3)C(=O)N(CC=O)C3=NC(C)(C)CO3)C(=O)[C@H]2C(C)C)c1. The first-order chi connectivity index (χ1) is 23.9. The lowest BCUT2D eigenvalue weighted by Crippen LogP contribution is -2.61. The molecule has 12 heteroatoms. The molecule has 50 heavy (non-hydrogen) atoms. The van der Waals surface area contributed by atoms with Gasteiger partial charge in [0.1, 0.15) is 30.5 Å².